The molecule has 1 N–H and O–H groups in total. The number of piperazine rings is 1. The van der Waals surface area contributed by atoms with Gasteiger partial charge in [-0.05, 0) is 37.3 Å². The molecule has 1 aromatic heterocycles. The monoisotopic (exact) mass is 436 g/mol. The van der Waals surface area contributed by atoms with Crippen LogP contribution in [0.3, 0.4) is 0 Å². The zero-order chi connectivity index (χ0) is 22.0. The van der Waals surface area contributed by atoms with Gasteiger partial charge in [0.25, 0.3) is 17.6 Å². The lowest BCUT2D eigenvalue weighted by Gasteiger charge is -2.39. The van der Waals surface area contributed by atoms with E-state index < -0.39 is 11.7 Å². The van der Waals surface area contributed by atoms with Crippen molar-refractivity contribution in [3.05, 3.63) is 76.9 Å². The summed E-state index contributed by atoms with van der Waals surface area (Å²) in [7, 11) is 0. The van der Waals surface area contributed by atoms with Gasteiger partial charge >= 0.3 is 0 Å². The molecule has 0 aliphatic carbocycles. The van der Waals surface area contributed by atoms with E-state index in [1.807, 2.05) is 25.1 Å². The minimum Gasteiger partial charge on any atom is -0.335 e. The number of halogens is 1. The SMILES string of the molecule is C[C@@H]1CN(C(=O)c2ccccc2)CCN1C(=O)C(=O)c1ccc(-c2cc[nH]n2)cc1Cl. The Bertz CT molecular complexity index is 1120. The molecule has 2 heterocycles. The number of carbonyl (C=O) groups excluding carboxylic acids is 3. The number of Topliss-reactive ketones (excluding diaryl/α,β-unsaturated/α-hetero) is 1. The second-order valence-electron chi connectivity index (χ2n) is 7.45. The number of nitrogens with one attached hydrogen (secondary N) is 1. The van der Waals surface area contributed by atoms with Crippen LogP contribution in [0.2, 0.25) is 5.02 Å². The minimum absolute atomic E-state index is 0.0807. The summed E-state index contributed by atoms with van der Waals surface area (Å²) >= 11 is 6.31. The molecule has 158 valence electrons. The number of benzene rings is 2. The third-order valence-corrected chi connectivity index (χ3v) is 5.71. The Morgan fingerprint density at radius 3 is 2.48 bits per heavy atom. The van der Waals surface area contributed by atoms with Crippen LogP contribution in [0.15, 0.2) is 60.8 Å². The Balaban J connectivity index is 1.45. The van der Waals surface area contributed by atoms with Crippen molar-refractivity contribution in [2.75, 3.05) is 19.6 Å². The maximum atomic E-state index is 12.9. The molecule has 2 amide bonds. The highest BCUT2D eigenvalue weighted by Gasteiger charge is 2.34. The smallest absolute Gasteiger partial charge is 0.295 e. The van der Waals surface area contributed by atoms with Gasteiger partial charge in [0.05, 0.1) is 10.7 Å². The van der Waals surface area contributed by atoms with Crippen LogP contribution in [-0.4, -0.2) is 63.3 Å². The van der Waals surface area contributed by atoms with Crippen molar-refractivity contribution in [2.45, 2.75) is 13.0 Å². The van der Waals surface area contributed by atoms with E-state index in [4.69, 9.17) is 11.6 Å². The Kier molecular flexibility index (Phi) is 5.86. The lowest BCUT2D eigenvalue weighted by atomic mass is 10.0. The van der Waals surface area contributed by atoms with E-state index >= 15 is 0 Å². The predicted octanol–water partition coefficient (Wildman–Crippen LogP) is 3.29. The van der Waals surface area contributed by atoms with Crippen molar-refractivity contribution in [3.63, 3.8) is 0 Å². The molecule has 1 aliphatic rings. The molecule has 2 aromatic carbocycles. The van der Waals surface area contributed by atoms with Crippen LogP contribution >= 0.6 is 11.6 Å². The Morgan fingerprint density at radius 2 is 1.84 bits per heavy atom. The summed E-state index contributed by atoms with van der Waals surface area (Å²) in [5.41, 5.74) is 2.20. The fourth-order valence-corrected chi connectivity index (χ4v) is 4.00. The summed E-state index contributed by atoms with van der Waals surface area (Å²) in [5.74, 6) is -1.36. The van der Waals surface area contributed by atoms with E-state index in [1.54, 1.807) is 47.5 Å². The number of hydrogen-bond acceptors (Lipinski definition) is 4. The predicted molar refractivity (Wildman–Crippen MR) is 117 cm³/mol. The molecule has 0 spiro atoms. The molecule has 0 saturated carbocycles. The number of rotatable bonds is 4. The summed E-state index contributed by atoms with van der Waals surface area (Å²) in [6, 6.07) is 15.4. The van der Waals surface area contributed by atoms with Gasteiger partial charge in [-0.1, -0.05) is 35.9 Å². The third-order valence-electron chi connectivity index (χ3n) is 5.40. The maximum absolute atomic E-state index is 12.9. The van der Waals surface area contributed by atoms with E-state index in [2.05, 4.69) is 10.2 Å². The summed E-state index contributed by atoms with van der Waals surface area (Å²) in [6.45, 7) is 2.84. The molecule has 0 bridgehead atoms. The normalized spacial score (nSPS) is 16.3. The van der Waals surface area contributed by atoms with Crippen LogP contribution in [0.4, 0.5) is 0 Å². The summed E-state index contributed by atoms with van der Waals surface area (Å²) in [6.07, 6.45) is 1.69. The zero-order valence-corrected chi connectivity index (χ0v) is 17.7. The Labute approximate surface area is 184 Å². The third kappa shape index (κ3) is 4.22. The number of hydrogen-bond donors (Lipinski definition) is 1. The van der Waals surface area contributed by atoms with Crippen LogP contribution in [0.25, 0.3) is 11.3 Å². The van der Waals surface area contributed by atoms with Gasteiger partial charge in [0.15, 0.2) is 0 Å². The van der Waals surface area contributed by atoms with Crippen molar-refractivity contribution < 1.29 is 14.4 Å². The molecule has 31 heavy (non-hydrogen) atoms. The Morgan fingerprint density at radius 1 is 1.06 bits per heavy atom. The van der Waals surface area contributed by atoms with Gasteiger partial charge in [0.1, 0.15) is 0 Å². The molecule has 0 radical (unpaired) electrons. The molecule has 3 aromatic rings. The van der Waals surface area contributed by atoms with Crippen molar-refractivity contribution in [3.8, 4) is 11.3 Å². The van der Waals surface area contributed by atoms with Crippen LogP contribution in [0, 0.1) is 0 Å². The lowest BCUT2D eigenvalue weighted by Crippen LogP contribution is -2.56. The lowest BCUT2D eigenvalue weighted by molar-refractivity contribution is -0.130. The number of carbonyl (C=O) groups is 3. The first-order valence-corrected chi connectivity index (χ1v) is 10.3. The molecular formula is C23H21ClN4O3. The van der Waals surface area contributed by atoms with Gasteiger partial charge in [-0.2, -0.15) is 5.10 Å². The van der Waals surface area contributed by atoms with Crippen LogP contribution in [0.5, 0.6) is 0 Å². The molecule has 7 nitrogen and oxygen atoms in total. The molecule has 1 fully saturated rings. The van der Waals surface area contributed by atoms with Gasteiger partial charge in [-0.15, -0.1) is 0 Å². The van der Waals surface area contributed by atoms with Gasteiger partial charge in [0.2, 0.25) is 0 Å². The summed E-state index contributed by atoms with van der Waals surface area (Å²) in [4.78, 5) is 41.7. The minimum atomic E-state index is -0.659. The summed E-state index contributed by atoms with van der Waals surface area (Å²) < 4.78 is 0. The highest BCUT2D eigenvalue weighted by atomic mass is 35.5. The Hall–Kier alpha value is -3.45. The topological polar surface area (TPSA) is 86.4 Å². The quantitative estimate of drug-likeness (QED) is 0.502. The molecule has 1 atom stereocenters. The van der Waals surface area contributed by atoms with Gasteiger partial charge in [0, 0.05) is 48.6 Å². The van der Waals surface area contributed by atoms with Crippen molar-refractivity contribution in [1.29, 1.82) is 0 Å². The van der Waals surface area contributed by atoms with Gasteiger partial charge in [-0.25, -0.2) is 0 Å². The van der Waals surface area contributed by atoms with Gasteiger partial charge < -0.3 is 9.80 Å². The van der Waals surface area contributed by atoms with E-state index in [-0.39, 0.29) is 29.1 Å². The van der Waals surface area contributed by atoms with Crippen molar-refractivity contribution >= 4 is 29.2 Å². The number of nitrogens with zero attached hydrogens (tertiary/aromatic N) is 3. The molecule has 0 unspecified atom stereocenters. The largest absolute Gasteiger partial charge is 0.335 e. The second kappa shape index (κ2) is 8.73. The second-order valence-corrected chi connectivity index (χ2v) is 7.86. The van der Waals surface area contributed by atoms with Crippen LogP contribution in [0.1, 0.15) is 27.6 Å². The molecule has 1 aliphatic heterocycles. The van der Waals surface area contributed by atoms with Crippen LogP contribution < -0.4 is 0 Å². The van der Waals surface area contributed by atoms with Crippen molar-refractivity contribution in [1.82, 2.24) is 20.0 Å². The fourth-order valence-electron chi connectivity index (χ4n) is 3.73. The van der Waals surface area contributed by atoms with E-state index in [0.29, 0.717) is 24.3 Å². The average Bonchev–Trinajstić information content (AvgIpc) is 3.33. The number of H-pyrrole nitrogens is 1. The number of aromatic nitrogens is 2. The van der Waals surface area contributed by atoms with Crippen LogP contribution in [-0.2, 0) is 4.79 Å². The zero-order valence-electron chi connectivity index (χ0n) is 16.9. The number of amides is 2. The maximum Gasteiger partial charge on any atom is 0.295 e. The molecule has 1 saturated heterocycles. The highest BCUT2D eigenvalue weighted by molar-refractivity contribution is 6.47. The molecule has 4 rings (SSSR count). The fraction of sp³-hybridized carbons (Fsp3) is 0.217. The van der Waals surface area contributed by atoms with Crippen molar-refractivity contribution in [2.24, 2.45) is 0 Å². The first kappa shape index (κ1) is 20.8. The first-order chi connectivity index (χ1) is 15.0. The average molecular weight is 437 g/mol. The number of ketones is 1. The standard InChI is InChI=1S/C23H21ClN4O3/c1-15-14-27(22(30)16-5-3-2-4-6-16)11-12-28(15)23(31)21(29)18-8-7-17(13-19(18)24)20-9-10-25-26-20/h2-10,13,15H,11-12,14H2,1H3,(H,25,26)/t15-/m1/s1. The van der Waals surface area contributed by atoms with E-state index in [1.165, 1.54) is 4.90 Å². The highest BCUT2D eigenvalue weighted by Crippen LogP contribution is 2.25. The van der Waals surface area contributed by atoms with E-state index in [0.717, 1.165) is 5.56 Å². The van der Waals surface area contributed by atoms with Gasteiger partial charge in [-0.3, -0.25) is 19.5 Å². The summed E-state index contributed by atoms with van der Waals surface area (Å²) in [5, 5.41) is 7.01. The molecule has 8 heteroatoms. The molecular weight excluding hydrogens is 416 g/mol. The first-order valence-electron chi connectivity index (χ1n) is 9.95. The number of aromatic amines is 1. The van der Waals surface area contributed by atoms with E-state index in [9.17, 15) is 14.4 Å².